The molecule has 0 bridgehead atoms. The Labute approximate surface area is 157 Å². The second-order valence-corrected chi connectivity index (χ2v) is 5.29. The summed E-state index contributed by atoms with van der Waals surface area (Å²) in [4.78, 5) is 27.4. The maximum absolute atomic E-state index is 12.9. The Morgan fingerprint density at radius 2 is 1.29 bits per heavy atom. The van der Waals surface area contributed by atoms with Crippen LogP contribution in [0, 0.1) is 0 Å². The van der Waals surface area contributed by atoms with E-state index in [0.29, 0.717) is 6.07 Å². The summed E-state index contributed by atoms with van der Waals surface area (Å²) in [6.45, 7) is 4.00. The molecular formula is C19H17F6NO2. The molecule has 0 aliphatic carbocycles. The summed E-state index contributed by atoms with van der Waals surface area (Å²) in [6, 6.07) is 5.68. The fraction of sp³-hybridized carbons (Fsp3) is 0.316. The molecule has 28 heavy (non-hydrogen) atoms. The van der Waals surface area contributed by atoms with Crippen LogP contribution in [0.1, 0.15) is 58.7 Å². The number of alkyl halides is 6. The Morgan fingerprint density at radius 3 is 1.86 bits per heavy atom. The Hall–Kier alpha value is -2.71. The predicted octanol–water partition coefficient (Wildman–Crippen LogP) is 5.99. The number of halogens is 6. The predicted molar refractivity (Wildman–Crippen MR) is 89.9 cm³/mol. The SMILES string of the molecule is CC.O=C(CCC(=O)c1ncccc1C(F)(F)F)c1ccccc1C(F)(F)F. The molecule has 3 nitrogen and oxygen atoms in total. The lowest BCUT2D eigenvalue weighted by Crippen LogP contribution is -2.17. The van der Waals surface area contributed by atoms with Crippen molar-refractivity contribution < 1.29 is 35.9 Å². The number of nitrogens with zero attached hydrogens (tertiary/aromatic N) is 1. The summed E-state index contributed by atoms with van der Waals surface area (Å²) < 4.78 is 77.3. The van der Waals surface area contributed by atoms with Gasteiger partial charge in [-0.15, -0.1) is 0 Å². The first kappa shape index (κ1) is 23.3. The molecule has 0 radical (unpaired) electrons. The van der Waals surface area contributed by atoms with Crippen LogP contribution >= 0.6 is 0 Å². The second-order valence-electron chi connectivity index (χ2n) is 5.29. The van der Waals surface area contributed by atoms with E-state index in [1.807, 2.05) is 13.8 Å². The molecule has 0 unspecified atom stereocenters. The topological polar surface area (TPSA) is 47.0 Å². The molecule has 0 N–H and O–H groups in total. The first-order chi connectivity index (χ1) is 13.0. The Kier molecular flexibility index (Phi) is 7.89. The average molecular weight is 405 g/mol. The van der Waals surface area contributed by atoms with E-state index in [2.05, 4.69) is 4.98 Å². The van der Waals surface area contributed by atoms with E-state index in [1.165, 1.54) is 6.07 Å². The third kappa shape index (κ3) is 5.90. The molecule has 0 amide bonds. The van der Waals surface area contributed by atoms with Crippen LogP contribution < -0.4 is 0 Å². The highest BCUT2D eigenvalue weighted by Gasteiger charge is 2.37. The lowest BCUT2D eigenvalue weighted by molar-refractivity contribution is -0.138. The van der Waals surface area contributed by atoms with Crippen LogP contribution in [0.5, 0.6) is 0 Å². The van der Waals surface area contributed by atoms with Gasteiger partial charge in [-0.25, -0.2) is 0 Å². The van der Waals surface area contributed by atoms with E-state index in [9.17, 15) is 35.9 Å². The normalized spacial score (nSPS) is 11.4. The van der Waals surface area contributed by atoms with Crippen LogP contribution in [-0.4, -0.2) is 16.6 Å². The lowest BCUT2D eigenvalue weighted by atomic mass is 9.98. The molecule has 2 aromatic rings. The van der Waals surface area contributed by atoms with Crippen molar-refractivity contribution in [3.8, 4) is 0 Å². The monoisotopic (exact) mass is 405 g/mol. The van der Waals surface area contributed by atoms with Gasteiger partial charge in [-0.2, -0.15) is 26.3 Å². The summed E-state index contributed by atoms with van der Waals surface area (Å²) in [7, 11) is 0. The molecule has 1 aromatic carbocycles. The second kappa shape index (κ2) is 9.48. The van der Waals surface area contributed by atoms with E-state index in [4.69, 9.17) is 0 Å². The number of Topliss-reactive ketones (excluding diaryl/α,β-unsaturated/α-hetero) is 2. The number of carbonyl (C=O) groups is 2. The Balaban J connectivity index is 0.00000190. The number of benzene rings is 1. The highest BCUT2D eigenvalue weighted by Crippen LogP contribution is 2.33. The molecule has 2 rings (SSSR count). The minimum absolute atomic E-state index is 0.634. The summed E-state index contributed by atoms with van der Waals surface area (Å²) in [6.07, 6.45) is -9.94. The van der Waals surface area contributed by atoms with Crippen molar-refractivity contribution in [2.24, 2.45) is 0 Å². The van der Waals surface area contributed by atoms with Gasteiger partial charge in [-0.05, 0) is 18.2 Å². The molecule has 9 heteroatoms. The number of carbonyl (C=O) groups excluding carboxylic acids is 2. The highest BCUT2D eigenvalue weighted by molar-refractivity contribution is 6.02. The van der Waals surface area contributed by atoms with E-state index in [-0.39, 0.29) is 0 Å². The molecule has 152 valence electrons. The summed E-state index contributed by atoms with van der Waals surface area (Å²) in [5.41, 5.74) is -3.92. The van der Waals surface area contributed by atoms with Crippen LogP contribution in [0.25, 0.3) is 0 Å². The lowest BCUT2D eigenvalue weighted by Gasteiger charge is -2.12. The van der Waals surface area contributed by atoms with E-state index in [0.717, 1.165) is 30.5 Å². The van der Waals surface area contributed by atoms with Crippen LogP contribution in [0.2, 0.25) is 0 Å². The smallest absolute Gasteiger partial charge is 0.294 e. The molecule has 0 atom stereocenters. The molecule has 0 spiro atoms. The van der Waals surface area contributed by atoms with Gasteiger partial charge < -0.3 is 0 Å². The average Bonchev–Trinajstić information content (AvgIpc) is 2.66. The van der Waals surface area contributed by atoms with Crippen molar-refractivity contribution in [1.82, 2.24) is 4.98 Å². The van der Waals surface area contributed by atoms with Gasteiger partial charge in [0.2, 0.25) is 0 Å². The number of pyridine rings is 1. The molecule has 0 saturated carbocycles. The summed E-state index contributed by atoms with van der Waals surface area (Å²) in [5.74, 6) is -2.06. The molecule has 1 heterocycles. The highest BCUT2D eigenvalue weighted by atomic mass is 19.4. The van der Waals surface area contributed by atoms with Gasteiger partial charge in [0, 0.05) is 24.6 Å². The van der Waals surface area contributed by atoms with Crippen molar-refractivity contribution in [2.45, 2.75) is 39.0 Å². The van der Waals surface area contributed by atoms with Gasteiger partial charge in [-0.1, -0.05) is 32.0 Å². The first-order valence-electron chi connectivity index (χ1n) is 8.26. The van der Waals surface area contributed by atoms with E-state index in [1.54, 1.807) is 0 Å². The molecular weight excluding hydrogens is 388 g/mol. The maximum atomic E-state index is 12.9. The fourth-order valence-corrected chi connectivity index (χ4v) is 2.31. The van der Waals surface area contributed by atoms with E-state index >= 15 is 0 Å². The van der Waals surface area contributed by atoms with Gasteiger partial charge in [0.05, 0.1) is 11.1 Å². The van der Waals surface area contributed by atoms with Crippen molar-refractivity contribution in [1.29, 1.82) is 0 Å². The molecule has 1 aromatic heterocycles. The third-order valence-electron chi connectivity index (χ3n) is 3.49. The van der Waals surface area contributed by atoms with Gasteiger partial charge >= 0.3 is 12.4 Å². The van der Waals surface area contributed by atoms with Gasteiger partial charge in [0.1, 0.15) is 5.69 Å². The van der Waals surface area contributed by atoms with Crippen LogP contribution in [0.4, 0.5) is 26.3 Å². The van der Waals surface area contributed by atoms with Crippen LogP contribution in [0.3, 0.4) is 0 Å². The van der Waals surface area contributed by atoms with Crippen molar-refractivity contribution in [3.63, 3.8) is 0 Å². The Bertz CT molecular complexity index is 758. The molecule has 0 saturated heterocycles. The van der Waals surface area contributed by atoms with Crippen LogP contribution in [-0.2, 0) is 12.4 Å². The zero-order valence-corrected chi connectivity index (χ0v) is 15.0. The summed E-state index contributed by atoms with van der Waals surface area (Å²) in [5, 5.41) is 0. The zero-order chi connectivity index (χ0) is 21.5. The fourth-order valence-electron chi connectivity index (χ4n) is 2.31. The molecule has 0 aliphatic heterocycles. The van der Waals surface area contributed by atoms with Gasteiger partial charge in [0.15, 0.2) is 11.6 Å². The molecule has 0 fully saturated rings. The quantitative estimate of drug-likeness (QED) is 0.453. The maximum Gasteiger partial charge on any atom is 0.418 e. The Morgan fingerprint density at radius 1 is 0.786 bits per heavy atom. The van der Waals surface area contributed by atoms with Gasteiger partial charge in [0.25, 0.3) is 0 Å². The number of rotatable bonds is 5. The zero-order valence-electron chi connectivity index (χ0n) is 15.0. The molecule has 0 aliphatic rings. The van der Waals surface area contributed by atoms with Crippen molar-refractivity contribution in [3.05, 3.63) is 65.0 Å². The van der Waals surface area contributed by atoms with Crippen molar-refractivity contribution >= 4 is 11.6 Å². The minimum atomic E-state index is -4.81. The van der Waals surface area contributed by atoms with Gasteiger partial charge in [-0.3, -0.25) is 14.6 Å². The number of ketones is 2. The minimum Gasteiger partial charge on any atom is -0.294 e. The largest absolute Gasteiger partial charge is 0.418 e. The third-order valence-corrected chi connectivity index (χ3v) is 3.49. The number of aromatic nitrogens is 1. The number of hydrogen-bond donors (Lipinski definition) is 0. The number of hydrogen-bond acceptors (Lipinski definition) is 3. The summed E-state index contributed by atoms with van der Waals surface area (Å²) >= 11 is 0. The first-order valence-corrected chi connectivity index (χ1v) is 8.26. The van der Waals surface area contributed by atoms with E-state index < -0.39 is 59.1 Å². The van der Waals surface area contributed by atoms with Crippen molar-refractivity contribution in [2.75, 3.05) is 0 Å². The van der Waals surface area contributed by atoms with Crippen LogP contribution in [0.15, 0.2) is 42.6 Å². The standard InChI is InChI=1S/C17H11F6NO2.C2H6/c18-16(19,20)11-5-2-1-4-10(11)13(25)7-8-14(26)15-12(17(21,22)23)6-3-9-24-15;1-2/h1-6,9H,7-8H2;1-2H3.